The van der Waals surface area contributed by atoms with Gasteiger partial charge in [0.2, 0.25) is 5.13 Å². The molecule has 0 spiro atoms. The van der Waals surface area contributed by atoms with E-state index in [1.165, 1.54) is 12.1 Å². The second kappa shape index (κ2) is 7.17. The molecule has 0 unspecified atom stereocenters. The molecule has 0 saturated carbocycles. The van der Waals surface area contributed by atoms with Crippen LogP contribution in [0, 0.1) is 6.92 Å². The molecule has 128 valence electrons. The highest BCUT2D eigenvalue weighted by Gasteiger charge is 2.16. The fourth-order valence-corrected chi connectivity index (χ4v) is 3.43. The van der Waals surface area contributed by atoms with Crippen LogP contribution in [-0.4, -0.2) is 21.2 Å². The van der Waals surface area contributed by atoms with Crippen LogP contribution in [0.4, 0.5) is 5.13 Å². The van der Waals surface area contributed by atoms with Gasteiger partial charge in [0.05, 0.1) is 10.6 Å². The van der Waals surface area contributed by atoms with Gasteiger partial charge in [-0.1, -0.05) is 46.1 Å². The molecule has 2 aromatic carbocycles. The largest absolute Gasteiger partial charge is 0.506 e. The topological polar surface area (TPSA) is 75.1 Å². The number of nitrogens with zero attached hydrogens (tertiary/aromatic N) is 2. The number of aromatic hydroxyl groups is 1. The van der Waals surface area contributed by atoms with Crippen LogP contribution in [0.1, 0.15) is 15.9 Å². The third kappa shape index (κ3) is 3.88. The number of carbonyl (C=O) groups excluding carboxylic acids is 1. The van der Waals surface area contributed by atoms with Crippen molar-refractivity contribution in [3.05, 3.63) is 56.5 Å². The predicted octanol–water partition coefficient (Wildman–Crippen LogP) is 5.43. The highest BCUT2D eigenvalue weighted by molar-refractivity contribution is 7.18. The number of nitrogens with one attached hydrogen (secondary N) is 1. The number of anilines is 1. The van der Waals surface area contributed by atoms with Gasteiger partial charge in [-0.15, -0.1) is 10.2 Å². The Labute approximate surface area is 162 Å². The van der Waals surface area contributed by atoms with Gasteiger partial charge in [-0.25, -0.2) is 0 Å². The summed E-state index contributed by atoms with van der Waals surface area (Å²) in [6, 6.07) is 7.91. The van der Waals surface area contributed by atoms with E-state index in [-0.39, 0.29) is 21.8 Å². The van der Waals surface area contributed by atoms with Gasteiger partial charge in [0.1, 0.15) is 5.75 Å². The molecular weight excluding hydrogens is 405 g/mol. The molecule has 0 aliphatic heterocycles. The highest BCUT2D eigenvalue weighted by atomic mass is 35.5. The van der Waals surface area contributed by atoms with E-state index in [0.29, 0.717) is 26.2 Å². The van der Waals surface area contributed by atoms with Gasteiger partial charge in [-0.2, -0.15) is 0 Å². The fraction of sp³-hybridized carbons (Fsp3) is 0.0625. The maximum atomic E-state index is 12.3. The molecule has 0 fully saturated rings. The Kier molecular flexibility index (Phi) is 5.15. The van der Waals surface area contributed by atoms with Crippen LogP contribution in [-0.2, 0) is 0 Å². The van der Waals surface area contributed by atoms with Crippen LogP contribution >= 0.6 is 46.1 Å². The van der Waals surface area contributed by atoms with E-state index in [4.69, 9.17) is 34.8 Å². The van der Waals surface area contributed by atoms with Crippen LogP contribution < -0.4 is 5.32 Å². The summed E-state index contributed by atoms with van der Waals surface area (Å²) in [5.74, 6) is -0.482. The molecule has 3 aromatic rings. The lowest BCUT2D eigenvalue weighted by atomic mass is 10.1. The van der Waals surface area contributed by atoms with Crippen molar-refractivity contribution in [3.8, 4) is 16.3 Å². The number of hydrogen-bond donors (Lipinski definition) is 2. The van der Waals surface area contributed by atoms with Crippen molar-refractivity contribution in [2.75, 3.05) is 5.32 Å². The lowest BCUT2D eigenvalue weighted by molar-refractivity contribution is 0.102. The normalized spacial score (nSPS) is 10.7. The van der Waals surface area contributed by atoms with Gasteiger partial charge in [-0.05, 0) is 42.8 Å². The Morgan fingerprint density at radius 3 is 2.60 bits per heavy atom. The van der Waals surface area contributed by atoms with Gasteiger partial charge < -0.3 is 5.11 Å². The minimum absolute atomic E-state index is 0.111. The number of aryl methyl sites for hydroxylation is 1. The molecule has 1 heterocycles. The minimum atomic E-state index is -0.337. The summed E-state index contributed by atoms with van der Waals surface area (Å²) in [7, 11) is 0. The third-order valence-electron chi connectivity index (χ3n) is 3.32. The molecule has 1 aromatic heterocycles. The lowest BCUT2D eigenvalue weighted by Gasteiger charge is -2.04. The van der Waals surface area contributed by atoms with E-state index in [1.54, 1.807) is 18.2 Å². The minimum Gasteiger partial charge on any atom is -0.506 e. The van der Waals surface area contributed by atoms with Crippen LogP contribution in [0.3, 0.4) is 0 Å². The first-order valence-electron chi connectivity index (χ1n) is 6.94. The highest BCUT2D eigenvalue weighted by Crippen LogP contribution is 2.39. The SMILES string of the molecule is Cc1cc(C(=O)Nc2nnc(-c3cc(Cl)cc(Cl)c3O)s2)ccc1Cl. The van der Waals surface area contributed by atoms with E-state index in [1.807, 2.05) is 6.92 Å². The molecule has 5 nitrogen and oxygen atoms in total. The first kappa shape index (κ1) is 17.9. The van der Waals surface area contributed by atoms with Crippen molar-refractivity contribution >= 4 is 57.2 Å². The Bertz CT molecular complexity index is 975. The maximum absolute atomic E-state index is 12.3. The molecule has 0 bridgehead atoms. The third-order valence-corrected chi connectivity index (χ3v) is 5.13. The first-order valence-corrected chi connectivity index (χ1v) is 8.89. The molecule has 9 heteroatoms. The molecule has 25 heavy (non-hydrogen) atoms. The number of amides is 1. The number of phenols is 1. The number of benzene rings is 2. The summed E-state index contributed by atoms with van der Waals surface area (Å²) < 4.78 is 0. The molecule has 0 saturated heterocycles. The van der Waals surface area contributed by atoms with Crippen molar-refractivity contribution < 1.29 is 9.90 Å². The monoisotopic (exact) mass is 413 g/mol. The maximum Gasteiger partial charge on any atom is 0.257 e. The standard InChI is InChI=1S/C16H10Cl3N3O2S/c1-7-4-8(2-3-11(7)18)14(24)20-16-22-21-15(25-16)10-5-9(17)6-12(19)13(10)23/h2-6,23H,1H3,(H,20,22,24). The van der Waals surface area contributed by atoms with Gasteiger partial charge in [0, 0.05) is 15.6 Å². The van der Waals surface area contributed by atoms with Crippen molar-refractivity contribution in [1.29, 1.82) is 0 Å². The Morgan fingerprint density at radius 2 is 1.88 bits per heavy atom. The summed E-state index contributed by atoms with van der Waals surface area (Å²) in [5.41, 5.74) is 1.59. The number of halogens is 3. The number of aromatic nitrogens is 2. The number of rotatable bonds is 3. The summed E-state index contributed by atoms with van der Waals surface area (Å²) in [6.07, 6.45) is 0. The quantitative estimate of drug-likeness (QED) is 0.599. The molecule has 0 aliphatic rings. The van der Waals surface area contributed by atoms with Crippen molar-refractivity contribution in [2.24, 2.45) is 0 Å². The van der Waals surface area contributed by atoms with Crippen LogP contribution in [0.5, 0.6) is 5.75 Å². The average Bonchev–Trinajstić information content (AvgIpc) is 3.01. The molecule has 2 N–H and O–H groups in total. The number of hydrogen-bond acceptors (Lipinski definition) is 5. The van der Waals surface area contributed by atoms with E-state index in [9.17, 15) is 9.90 Å². The molecular formula is C16H10Cl3N3O2S. The summed E-state index contributed by atoms with van der Waals surface area (Å²) in [5, 5.41) is 22.3. The number of phenolic OH excluding ortho intramolecular Hbond substituents is 1. The van der Waals surface area contributed by atoms with Gasteiger partial charge in [0.15, 0.2) is 5.01 Å². The van der Waals surface area contributed by atoms with Gasteiger partial charge >= 0.3 is 0 Å². The van der Waals surface area contributed by atoms with Gasteiger partial charge in [0.25, 0.3) is 5.91 Å². The van der Waals surface area contributed by atoms with E-state index < -0.39 is 0 Å². The van der Waals surface area contributed by atoms with Gasteiger partial charge in [-0.3, -0.25) is 10.1 Å². The van der Waals surface area contributed by atoms with Crippen molar-refractivity contribution in [1.82, 2.24) is 10.2 Å². The molecule has 3 rings (SSSR count). The molecule has 1 amide bonds. The van der Waals surface area contributed by atoms with E-state index in [0.717, 1.165) is 16.9 Å². The molecule has 0 aliphatic carbocycles. The van der Waals surface area contributed by atoms with Crippen molar-refractivity contribution in [3.63, 3.8) is 0 Å². The smallest absolute Gasteiger partial charge is 0.257 e. The van der Waals surface area contributed by atoms with E-state index >= 15 is 0 Å². The van der Waals surface area contributed by atoms with Crippen LogP contribution in [0.25, 0.3) is 10.6 Å². The zero-order valence-corrected chi connectivity index (χ0v) is 15.8. The lowest BCUT2D eigenvalue weighted by Crippen LogP contribution is -2.11. The van der Waals surface area contributed by atoms with Crippen molar-refractivity contribution in [2.45, 2.75) is 6.92 Å². The fourth-order valence-electron chi connectivity index (χ4n) is 2.07. The Balaban J connectivity index is 1.85. The molecule has 0 radical (unpaired) electrons. The zero-order valence-electron chi connectivity index (χ0n) is 12.7. The second-order valence-corrected chi connectivity index (χ2v) is 7.34. The average molecular weight is 415 g/mol. The zero-order chi connectivity index (χ0) is 18.1. The first-order chi connectivity index (χ1) is 11.8. The predicted molar refractivity (Wildman–Crippen MR) is 101 cm³/mol. The Morgan fingerprint density at radius 1 is 1.12 bits per heavy atom. The number of carbonyl (C=O) groups is 1. The van der Waals surface area contributed by atoms with Crippen LogP contribution in [0.15, 0.2) is 30.3 Å². The van der Waals surface area contributed by atoms with E-state index in [2.05, 4.69) is 15.5 Å². The Hall–Kier alpha value is -1.86. The second-order valence-electron chi connectivity index (χ2n) is 5.11. The summed E-state index contributed by atoms with van der Waals surface area (Å²) in [6.45, 7) is 1.81. The summed E-state index contributed by atoms with van der Waals surface area (Å²) >= 11 is 18.9. The molecule has 0 atom stereocenters. The summed E-state index contributed by atoms with van der Waals surface area (Å²) in [4.78, 5) is 12.3. The van der Waals surface area contributed by atoms with Crippen LogP contribution in [0.2, 0.25) is 15.1 Å².